The molecule has 0 saturated carbocycles. The molecule has 0 spiro atoms. The molecule has 0 unspecified atom stereocenters. The van der Waals surface area contributed by atoms with E-state index in [4.69, 9.17) is 19.6 Å². The highest BCUT2D eigenvalue weighted by molar-refractivity contribution is 5.35. The number of hydrogen-bond acceptors (Lipinski definition) is 4. The van der Waals surface area contributed by atoms with Crippen LogP contribution in [0, 0.1) is 21.7 Å². The molecular weight excluding hydrogens is 328 g/mol. The van der Waals surface area contributed by atoms with Crippen molar-refractivity contribution in [3.8, 4) is 0 Å². The van der Waals surface area contributed by atoms with Crippen LogP contribution in [-0.4, -0.2) is 0 Å². The van der Waals surface area contributed by atoms with E-state index in [1.807, 2.05) is 6.07 Å². The van der Waals surface area contributed by atoms with Gasteiger partial charge >= 0.3 is 0 Å². The predicted octanol–water partition coefficient (Wildman–Crippen LogP) is 6.06. The molecule has 2 saturated heterocycles. The molecule has 1 aromatic rings. The Balaban J connectivity index is 2.04. The summed E-state index contributed by atoms with van der Waals surface area (Å²) in [5.74, 6) is -1.49. The lowest BCUT2D eigenvalue weighted by atomic mass is 9.62. The normalized spacial score (nSPS) is 22.2. The summed E-state index contributed by atoms with van der Waals surface area (Å²) in [5, 5.41) is 0. The van der Waals surface area contributed by atoms with E-state index in [1.54, 1.807) is 0 Å². The van der Waals surface area contributed by atoms with Gasteiger partial charge < -0.3 is 0 Å². The topological polar surface area (TPSA) is 50.1 Å². The molecule has 0 bridgehead atoms. The van der Waals surface area contributed by atoms with E-state index < -0.39 is 11.6 Å². The largest absolute Gasteiger partial charge is 0.264 e. The van der Waals surface area contributed by atoms with Crippen LogP contribution in [-0.2, 0) is 31.1 Å². The van der Waals surface area contributed by atoms with Crippen molar-refractivity contribution in [2.75, 3.05) is 0 Å². The molecule has 2 aliphatic heterocycles. The first-order chi connectivity index (χ1) is 11.6. The first kappa shape index (κ1) is 19.8. The predicted molar refractivity (Wildman–Crippen MR) is 101 cm³/mol. The summed E-state index contributed by atoms with van der Waals surface area (Å²) in [6.45, 7) is 22.0. The third kappa shape index (κ3) is 2.50. The molecule has 0 amide bonds. The van der Waals surface area contributed by atoms with Crippen LogP contribution in [0.2, 0.25) is 0 Å². The summed E-state index contributed by atoms with van der Waals surface area (Å²) in [6.07, 6.45) is 0. The second kappa shape index (κ2) is 5.32. The highest BCUT2D eigenvalue weighted by Crippen LogP contribution is 2.64. The highest BCUT2D eigenvalue weighted by Gasteiger charge is 2.68. The van der Waals surface area contributed by atoms with Crippen LogP contribution >= 0.6 is 0 Å². The molecule has 2 fully saturated rings. The van der Waals surface area contributed by atoms with Crippen LogP contribution < -0.4 is 0 Å². The average molecular weight is 363 g/mol. The summed E-state index contributed by atoms with van der Waals surface area (Å²) in [4.78, 5) is 22.5. The Morgan fingerprint density at radius 3 is 1.12 bits per heavy atom. The standard InChI is InChI=1S/C22H34O4/c1-17(2,3)19(7,8)21(23-24-21)15-12-11-13-16(14-15)22(25-26-22)20(9,10)18(4,5)6/h11-14H,1-10H3. The van der Waals surface area contributed by atoms with Gasteiger partial charge in [-0.3, -0.25) is 0 Å². The van der Waals surface area contributed by atoms with Gasteiger partial charge in [0.25, 0.3) is 11.6 Å². The Labute approximate surface area is 158 Å². The van der Waals surface area contributed by atoms with Gasteiger partial charge in [0.1, 0.15) is 0 Å². The summed E-state index contributed by atoms with van der Waals surface area (Å²) in [6, 6.07) is 8.26. The van der Waals surface area contributed by atoms with E-state index in [-0.39, 0.29) is 21.7 Å². The van der Waals surface area contributed by atoms with Crippen molar-refractivity contribution in [3.05, 3.63) is 35.4 Å². The van der Waals surface area contributed by atoms with E-state index in [1.165, 1.54) is 0 Å². The van der Waals surface area contributed by atoms with Crippen LogP contribution in [0.3, 0.4) is 0 Å². The van der Waals surface area contributed by atoms with Gasteiger partial charge in [0.15, 0.2) is 0 Å². The Morgan fingerprint density at radius 1 is 0.577 bits per heavy atom. The van der Waals surface area contributed by atoms with E-state index in [0.29, 0.717) is 0 Å². The molecule has 0 aromatic heterocycles. The number of hydrogen-bond donors (Lipinski definition) is 0. The fourth-order valence-electron chi connectivity index (χ4n) is 3.33. The van der Waals surface area contributed by atoms with E-state index >= 15 is 0 Å². The lowest BCUT2D eigenvalue weighted by Gasteiger charge is -2.42. The van der Waals surface area contributed by atoms with Crippen molar-refractivity contribution in [1.29, 1.82) is 0 Å². The average Bonchev–Trinajstić information content (AvgIpc) is 3.37. The Morgan fingerprint density at radius 2 is 0.885 bits per heavy atom. The zero-order chi connectivity index (χ0) is 19.8. The summed E-state index contributed by atoms with van der Waals surface area (Å²) < 4.78 is 0. The quantitative estimate of drug-likeness (QED) is 0.482. The first-order valence-electron chi connectivity index (χ1n) is 9.47. The van der Waals surface area contributed by atoms with Gasteiger partial charge in [-0.1, -0.05) is 87.4 Å². The van der Waals surface area contributed by atoms with Gasteiger partial charge in [0.2, 0.25) is 0 Å². The van der Waals surface area contributed by atoms with Gasteiger partial charge in [-0.25, -0.2) is 0 Å². The molecule has 2 heterocycles. The van der Waals surface area contributed by atoms with Gasteiger partial charge in [-0.05, 0) is 16.9 Å². The van der Waals surface area contributed by atoms with E-state index in [2.05, 4.69) is 87.4 Å². The van der Waals surface area contributed by atoms with Crippen LogP contribution in [0.1, 0.15) is 80.4 Å². The molecule has 146 valence electrons. The maximum Gasteiger partial charge on any atom is 0.264 e. The smallest absolute Gasteiger partial charge is 0.189 e. The van der Waals surface area contributed by atoms with E-state index in [0.717, 1.165) is 11.1 Å². The lowest BCUT2D eigenvalue weighted by Crippen LogP contribution is -2.43. The van der Waals surface area contributed by atoms with Gasteiger partial charge in [-0.2, -0.15) is 19.6 Å². The Bertz CT molecular complexity index is 638. The summed E-state index contributed by atoms with van der Waals surface area (Å²) in [7, 11) is 0. The molecule has 2 aliphatic rings. The van der Waals surface area contributed by atoms with Crippen molar-refractivity contribution in [1.82, 2.24) is 0 Å². The van der Waals surface area contributed by atoms with Crippen molar-refractivity contribution < 1.29 is 19.6 Å². The van der Waals surface area contributed by atoms with Crippen LogP contribution in [0.25, 0.3) is 0 Å². The molecule has 0 atom stereocenters. The number of benzene rings is 1. The van der Waals surface area contributed by atoms with Crippen molar-refractivity contribution in [3.63, 3.8) is 0 Å². The molecule has 4 nitrogen and oxygen atoms in total. The van der Waals surface area contributed by atoms with Crippen molar-refractivity contribution in [2.45, 2.75) is 80.8 Å². The van der Waals surface area contributed by atoms with Crippen LogP contribution in [0.15, 0.2) is 24.3 Å². The monoisotopic (exact) mass is 362 g/mol. The zero-order valence-corrected chi connectivity index (χ0v) is 17.9. The molecule has 0 aliphatic carbocycles. The molecule has 0 radical (unpaired) electrons. The Kier molecular flexibility index (Phi) is 4.05. The summed E-state index contributed by atoms with van der Waals surface area (Å²) in [5.41, 5.74) is 1.53. The zero-order valence-electron chi connectivity index (χ0n) is 17.9. The van der Waals surface area contributed by atoms with E-state index in [9.17, 15) is 0 Å². The maximum absolute atomic E-state index is 5.63. The van der Waals surface area contributed by atoms with Crippen LogP contribution in [0.4, 0.5) is 0 Å². The third-order valence-corrected chi connectivity index (χ3v) is 7.52. The number of rotatable bonds is 4. The van der Waals surface area contributed by atoms with Gasteiger partial charge in [0, 0.05) is 22.0 Å². The van der Waals surface area contributed by atoms with Crippen molar-refractivity contribution >= 4 is 0 Å². The lowest BCUT2D eigenvalue weighted by molar-refractivity contribution is 0.0125. The minimum atomic E-state index is -0.747. The molecule has 3 rings (SSSR count). The fraction of sp³-hybridized carbons (Fsp3) is 0.727. The van der Waals surface area contributed by atoms with Gasteiger partial charge in [-0.15, -0.1) is 0 Å². The SMILES string of the molecule is CC(C)(C)C(C)(C)C1(c2cccc(C3(C(C)(C)C(C)(C)C)OO3)c2)OO1. The first-order valence-corrected chi connectivity index (χ1v) is 9.47. The van der Waals surface area contributed by atoms with Crippen molar-refractivity contribution in [2.24, 2.45) is 21.7 Å². The molecule has 4 heteroatoms. The molecular formula is C22H34O4. The molecule has 0 N–H and O–H groups in total. The van der Waals surface area contributed by atoms with Gasteiger partial charge in [0.05, 0.1) is 0 Å². The minimum Gasteiger partial charge on any atom is -0.189 e. The summed E-state index contributed by atoms with van der Waals surface area (Å²) >= 11 is 0. The second-order valence-electron chi connectivity index (χ2n) is 10.9. The molecule has 26 heavy (non-hydrogen) atoms. The van der Waals surface area contributed by atoms with Crippen LogP contribution in [0.5, 0.6) is 0 Å². The maximum atomic E-state index is 5.63. The minimum absolute atomic E-state index is 0.00550. The Hall–Kier alpha value is -0.940. The highest BCUT2D eigenvalue weighted by atomic mass is 17.4. The second-order valence-corrected chi connectivity index (χ2v) is 10.9. The molecule has 1 aromatic carbocycles. The third-order valence-electron chi connectivity index (χ3n) is 7.52. The fourth-order valence-corrected chi connectivity index (χ4v) is 3.33.